The first-order valence-corrected chi connectivity index (χ1v) is 6.39. The Labute approximate surface area is 111 Å². The molecule has 0 aromatic heterocycles. The van der Waals surface area contributed by atoms with Crippen LogP contribution in [0.25, 0.3) is 0 Å². The van der Waals surface area contributed by atoms with Crippen molar-refractivity contribution in [3.05, 3.63) is 29.8 Å². The molecule has 0 atom stereocenters. The number of benzene rings is 1. The van der Waals surface area contributed by atoms with Gasteiger partial charge in [-0.05, 0) is 30.5 Å². The van der Waals surface area contributed by atoms with Crippen LogP contribution in [0.2, 0.25) is 0 Å². The Morgan fingerprint density at radius 2 is 1.68 bits per heavy atom. The fourth-order valence-corrected chi connectivity index (χ4v) is 2.22. The van der Waals surface area contributed by atoms with Gasteiger partial charge in [0.05, 0.1) is 5.60 Å². The van der Waals surface area contributed by atoms with Crippen molar-refractivity contribution in [3.8, 4) is 5.75 Å². The fourth-order valence-electron chi connectivity index (χ4n) is 2.22. The number of alkyl halides is 3. The number of aliphatic hydroxyl groups is 1. The van der Waals surface area contributed by atoms with E-state index in [1.54, 1.807) is 6.07 Å². The highest BCUT2D eigenvalue weighted by Gasteiger charge is 2.32. The summed E-state index contributed by atoms with van der Waals surface area (Å²) in [4.78, 5) is 0. The molecular formula is C14H19F3O2. The highest BCUT2D eigenvalue weighted by atomic mass is 19.4. The van der Waals surface area contributed by atoms with Crippen LogP contribution in [-0.4, -0.2) is 11.5 Å². The van der Waals surface area contributed by atoms with E-state index in [2.05, 4.69) is 4.74 Å². The van der Waals surface area contributed by atoms with Crippen molar-refractivity contribution in [2.24, 2.45) is 0 Å². The van der Waals surface area contributed by atoms with Gasteiger partial charge in [-0.2, -0.15) is 0 Å². The van der Waals surface area contributed by atoms with Crippen molar-refractivity contribution in [2.45, 2.75) is 51.5 Å². The van der Waals surface area contributed by atoms with Gasteiger partial charge >= 0.3 is 6.36 Å². The first-order chi connectivity index (χ1) is 8.80. The lowest BCUT2D eigenvalue weighted by Crippen LogP contribution is -2.25. The molecular weight excluding hydrogens is 257 g/mol. The van der Waals surface area contributed by atoms with Gasteiger partial charge in [0.25, 0.3) is 0 Å². The molecule has 19 heavy (non-hydrogen) atoms. The molecule has 0 aliphatic carbocycles. The minimum Gasteiger partial charge on any atom is -0.406 e. The zero-order valence-corrected chi connectivity index (χ0v) is 11.1. The minimum atomic E-state index is -4.72. The summed E-state index contributed by atoms with van der Waals surface area (Å²) in [7, 11) is 0. The standard InChI is InChI=1S/C14H19F3O2/c1-3-8-13(18,9-4-2)11-6-5-7-12(10-11)19-14(15,16)17/h5-7,10,18H,3-4,8-9H2,1-2H3. The maximum atomic E-state index is 12.2. The molecule has 0 saturated carbocycles. The van der Waals surface area contributed by atoms with Gasteiger partial charge < -0.3 is 9.84 Å². The summed E-state index contributed by atoms with van der Waals surface area (Å²) in [5.74, 6) is -0.296. The van der Waals surface area contributed by atoms with Gasteiger partial charge in [0.15, 0.2) is 0 Å². The van der Waals surface area contributed by atoms with E-state index in [0.717, 1.165) is 12.8 Å². The van der Waals surface area contributed by atoms with Crippen molar-refractivity contribution in [3.63, 3.8) is 0 Å². The number of rotatable bonds is 6. The third-order valence-electron chi connectivity index (χ3n) is 2.93. The van der Waals surface area contributed by atoms with Crippen molar-refractivity contribution in [2.75, 3.05) is 0 Å². The Bertz CT molecular complexity index is 396. The van der Waals surface area contributed by atoms with E-state index in [0.29, 0.717) is 18.4 Å². The van der Waals surface area contributed by atoms with Crippen molar-refractivity contribution in [1.29, 1.82) is 0 Å². The van der Waals surface area contributed by atoms with E-state index >= 15 is 0 Å². The summed E-state index contributed by atoms with van der Waals surface area (Å²) in [6.45, 7) is 3.85. The fraction of sp³-hybridized carbons (Fsp3) is 0.571. The monoisotopic (exact) mass is 276 g/mol. The SMILES string of the molecule is CCCC(O)(CCC)c1cccc(OC(F)(F)F)c1. The van der Waals surface area contributed by atoms with Gasteiger partial charge in [0, 0.05) is 0 Å². The summed E-state index contributed by atoms with van der Waals surface area (Å²) in [5.41, 5.74) is -0.618. The topological polar surface area (TPSA) is 29.5 Å². The number of hydrogen-bond donors (Lipinski definition) is 1. The van der Waals surface area contributed by atoms with Crippen LogP contribution in [0.4, 0.5) is 13.2 Å². The average Bonchev–Trinajstić information content (AvgIpc) is 2.27. The van der Waals surface area contributed by atoms with E-state index in [1.807, 2.05) is 13.8 Å². The molecule has 1 N–H and O–H groups in total. The molecule has 0 unspecified atom stereocenters. The zero-order chi connectivity index (χ0) is 14.5. The van der Waals surface area contributed by atoms with Crippen molar-refractivity contribution >= 4 is 0 Å². The van der Waals surface area contributed by atoms with Crippen LogP contribution in [0, 0.1) is 0 Å². The number of halogens is 3. The molecule has 1 rings (SSSR count). The molecule has 0 heterocycles. The summed E-state index contributed by atoms with van der Waals surface area (Å²) in [6, 6.07) is 5.59. The summed E-state index contributed by atoms with van der Waals surface area (Å²) in [6.07, 6.45) is -2.19. The quantitative estimate of drug-likeness (QED) is 0.835. The second-order valence-electron chi connectivity index (χ2n) is 4.61. The summed E-state index contributed by atoms with van der Waals surface area (Å²) in [5, 5.41) is 10.6. The van der Waals surface area contributed by atoms with Crippen LogP contribution in [0.5, 0.6) is 5.75 Å². The second-order valence-corrected chi connectivity index (χ2v) is 4.61. The average molecular weight is 276 g/mol. The number of hydrogen-bond acceptors (Lipinski definition) is 2. The van der Waals surface area contributed by atoms with Gasteiger partial charge in [0.1, 0.15) is 5.75 Å². The first kappa shape index (κ1) is 15.8. The third kappa shape index (κ3) is 4.74. The van der Waals surface area contributed by atoms with E-state index in [-0.39, 0.29) is 5.75 Å². The van der Waals surface area contributed by atoms with E-state index < -0.39 is 12.0 Å². The minimum absolute atomic E-state index is 0.296. The van der Waals surface area contributed by atoms with Crippen LogP contribution in [0.3, 0.4) is 0 Å². The largest absolute Gasteiger partial charge is 0.573 e. The summed E-state index contributed by atoms with van der Waals surface area (Å²) >= 11 is 0. The lowest BCUT2D eigenvalue weighted by atomic mass is 9.85. The molecule has 2 nitrogen and oxygen atoms in total. The Morgan fingerprint density at radius 3 is 2.16 bits per heavy atom. The predicted molar refractivity (Wildman–Crippen MR) is 66.8 cm³/mol. The Kier molecular flexibility index (Phi) is 5.23. The molecule has 1 aromatic rings. The molecule has 5 heteroatoms. The van der Waals surface area contributed by atoms with Crippen LogP contribution in [-0.2, 0) is 5.60 Å². The Hall–Kier alpha value is -1.23. The van der Waals surface area contributed by atoms with E-state index in [4.69, 9.17) is 0 Å². The lowest BCUT2D eigenvalue weighted by Gasteiger charge is -2.28. The molecule has 0 fully saturated rings. The van der Waals surface area contributed by atoms with Crippen LogP contribution >= 0.6 is 0 Å². The number of ether oxygens (including phenoxy) is 1. The predicted octanol–water partition coefficient (Wildman–Crippen LogP) is 4.37. The van der Waals surface area contributed by atoms with Crippen molar-refractivity contribution < 1.29 is 23.0 Å². The Balaban J connectivity index is 3.01. The molecule has 108 valence electrons. The second kappa shape index (κ2) is 6.28. The maximum absolute atomic E-state index is 12.2. The molecule has 0 saturated heterocycles. The molecule has 1 aromatic carbocycles. The van der Waals surface area contributed by atoms with Gasteiger partial charge in [-0.15, -0.1) is 13.2 Å². The zero-order valence-electron chi connectivity index (χ0n) is 11.1. The van der Waals surface area contributed by atoms with Gasteiger partial charge in [0.2, 0.25) is 0 Å². The third-order valence-corrected chi connectivity index (χ3v) is 2.93. The molecule has 0 spiro atoms. The van der Waals surface area contributed by atoms with Crippen LogP contribution < -0.4 is 4.74 Å². The summed E-state index contributed by atoms with van der Waals surface area (Å²) < 4.78 is 40.4. The highest BCUT2D eigenvalue weighted by Crippen LogP contribution is 2.34. The smallest absolute Gasteiger partial charge is 0.406 e. The van der Waals surface area contributed by atoms with Gasteiger partial charge in [-0.1, -0.05) is 38.8 Å². The van der Waals surface area contributed by atoms with Gasteiger partial charge in [-0.3, -0.25) is 0 Å². The lowest BCUT2D eigenvalue weighted by molar-refractivity contribution is -0.274. The molecule has 0 bridgehead atoms. The normalized spacial score (nSPS) is 12.5. The van der Waals surface area contributed by atoms with E-state index in [1.165, 1.54) is 18.2 Å². The molecule has 0 aliphatic heterocycles. The Morgan fingerprint density at radius 1 is 1.11 bits per heavy atom. The van der Waals surface area contributed by atoms with Crippen LogP contribution in [0.15, 0.2) is 24.3 Å². The molecule has 0 radical (unpaired) electrons. The highest BCUT2D eigenvalue weighted by molar-refractivity contribution is 5.32. The van der Waals surface area contributed by atoms with E-state index in [9.17, 15) is 18.3 Å². The molecule has 0 amide bonds. The van der Waals surface area contributed by atoms with Crippen molar-refractivity contribution in [1.82, 2.24) is 0 Å². The van der Waals surface area contributed by atoms with Gasteiger partial charge in [-0.25, -0.2) is 0 Å². The molecule has 0 aliphatic rings. The van der Waals surface area contributed by atoms with Crippen LogP contribution in [0.1, 0.15) is 45.1 Å². The first-order valence-electron chi connectivity index (χ1n) is 6.39. The maximum Gasteiger partial charge on any atom is 0.573 e.